The van der Waals surface area contributed by atoms with Crippen LogP contribution < -0.4 is 4.90 Å². The molecule has 3 rings (SSSR count). The average Bonchev–Trinajstić information content (AvgIpc) is 2.74. The van der Waals surface area contributed by atoms with Gasteiger partial charge in [0.2, 0.25) is 5.91 Å². The maximum atomic E-state index is 12.7. The third kappa shape index (κ3) is 4.95. The normalized spacial score (nSPS) is 21.5. The molecule has 0 aliphatic carbocycles. The highest BCUT2D eigenvalue weighted by Gasteiger charge is 2.44. The Labute approximate surface area is 171 Å². The number of nitrogens with zero attached hydrogens (tertiary/aromatic N) is 2. The van der Waals surface area contributed by atoms with E-state index in [1.165, 1.54) is 4.90 Å². The first-order valence-electron chi connectivity index (χ1n) is 9.97. The van der Waals surface area contributed by atoms with Crippen molar-refractivity contribution in [2.75, 3.05) is 18.0 Å². The van der Waals surface area contributed by atoms with Crippen molar-refractivity contribution in [2.24, 2.45) is 0 Å². The molecule has 2 unspecified atom stereocenters. The number of amides is 2. The summed E-state index contributed by atoms with van der Waals surface area (Å²) in [5.74, 6) is -0.0541. The van der Waals surface area contributed by atoms with E-state index in [9.17, 15) is 14.7 Å². The zero-order valence-electron chi connectivity index (χ0n) is 17.0. The van der Waals surface area contributed by atoms with Crippen LogP contribution in [-0.4, -0.2) is 46.7 Å². The molecule has 0 aromatic heterocycles. The predicted octanol–water partition coefficient (Wildman–Crippen LogP) is 3.59. The van der Waals surface area contributed by atoms with E-state index in [1.807, 2.05) is 67.6 Å². The van der Waals surface area contributed by atoms with Gasteiger partial charge >= 0.3 is 6.09 Å². The van der Waals surface area contributed by atoms with Crippen LogP contribution in [0.2, 0.25) is 0 Å². The van der Waals surface area contributed by atoms with E-state index in [0.29, 0.717) is 19.4 Å². The van der Waals surface area contributed by atoms with Gasteiger partial charge in [-0.05, 0) is 31.0 Å². The summed E-state index contributed by atoms with van der Waals surface area (Å²) in [6.45, 7) is 4.18. The Kier molecular flexibility index (Phi) is 6.54. The zero-order chi connectivity index (χ0) is 20.9. The fraction of sp³-hybridized carbons (Fsp3) is 0.391. The van der Waals surface area contributed by atoms with Gasteiger partial charge in [0.05, 0.1) is 12.6 Å². The van der Waals surface area contributed by atoms with Crippen LogP contribution in [0, 0.1) is 0 Å². The number of aliphatic hydroxyl groups is 1. The van der Waals surface area contributed by atoms with Gasteiger partial charge in [-0.15, -0.1) is 0 Å². The number of carbonyl (C=O) groups is 2. The van der Waals surface area contributed by atoms with Crippen LogP contribution in [-0.2, 0) is 16.1 Å². The molecule has 2 aromatic rings. The number of benzene rings is 2. The number of hydrogen-bond donors (Lipinski definition) is 1. The van der Waals surface area contributed by atoms with Crippen LogP contribution in [0.15, 0.2) is 60.7 Å². The van der Waals surface area contributed by atoms with E-state index in [4.69, 9.17) is 4.74 Å². The van der Waals surface area contributed by atoms with Gasteiger partial charge in [0.25, 0.3) is 0 Å². The third-order valence-electron chi connectivity index (χ3n) is 5.28. The fourth-order valence-corrected chi connectivity index (χ4v) is 3.79. The highest BCUT2D eigenvalue weighted by atomic mass is 16.6. The van der Waals surface area contributed by atoms with Crippen molar-refractivity contribution in [1.82, 2.24) is 4.90 Å². The summed E-state index contributed by atoms with van der Waals surface area (Å²) in [5.41, 5.74) is 0.404. The van der Waals surface area contributed by atoms with Gasteiger partial charge in [-0.3, -0.25) is 4.79 Å². The molecule has 29 heavy (non-hydrogen) atoms. The van der Waals surface area contributed by atoms with Crippen molar-refractivity contribution in [3.63, 3.8) is 0 Å². The summed E-state index contributed by atoms with van der Waals surface area (Å²) >= 11 is 0. The standard InChI is InChI=1S/C23H28N2O4/c1-3-21(26)25(19-12-8-5-9-13-19)20-14-15-24(17-23(20,2)28)22(27)29-16-18-10-6-4-7-11-18/h4-13,20,28H,3,14-17H2,1-2H3. The van der Waals surface area contributed by atoms with Crippen molar-refractivity contribution < 1.29 is 19.4 Å². The van der Waals surface area contributed by atoms with Gasteiger partial charge in [0, 0.05) is 18.7 Å². The Hall–Kier alpha value is -2.86. The molecule has 0 bridgehead atoms. The lowest BCUT2D eigenvalue weighted by molar-refractivity contribution is -0.121. The van der Waals surface area contributed by atoms with Crippen LogP contribution in [0.4, 0.5) is 10.5 Å². The molecule has 6 heteroatoms. The Bertz CT molecular complexity index is 823. The molecule has 6 nitrogen and oxygen atoms in total. The fourth-order valence-electron chi connectivity index (χ4n) is 3.79. The molecule has 0 spiro atoms. The summed E-state index contributed by atoms with van der Waals surface area (Å²) in [6, 6.07) is 18.4. The highest BCUT2D eigenvalue weighted by Crippen LogP contribution is 2.31. The molecule has 1 heterocycles. The summed E-state index contributed by atoms with van der Waals surface area (Å²) < 4.78 is 5.41. The van der Waals surface area contributed by atoms with Crippen LogP contribution >= 0.6 is 0 Å². The molecular formula is C23H28N2O4. The number of likely N-dealkylation sites (tertiary alicyclic amines) is 1. The summed E-state index contributed by atoms with van der Waals surface area (Å²) in [7, 11) is 0. The quantitative estimate of drug-likeness (QED) is 0.839. The lowest BCUT2D eigenvalue weighted by Gasteiger charge is -2.47. The maximum Gasteiger partial charge on any atom is 0.410 e. The topological polar surface area (TPSA) is 70.1 Å². The van der Waals surface area contributed by atoms with Crippen LogP contribution in [0.25, 0.3) is 0 Å². The summed E-state index contributed by atoms with van der Waals surface area (Å²) in [6.07, 6.45) is 0.346. The molecule has 0 saturated carbocycles. The Balaban J connectivity index is 1.70. The Morgan fingerprint density at radius 2 is 1.76 bits per heavy atom. The van der Waals surface area contributed by atoms with E-state index >= 15 is 0 Å². The van der Waals surface area contributed by atoms with Crippen LogP contribution in [0.3, 0.4) is 0 Å². The molecule has 2 aromatic carbocycles. The number of ether oxygens (including phenoxy) is 1. The minimum Gasteiger partial charge on any atom is -0.445 e. The molecule has 2 amide bonds. The number of β-amino-alcohol motifs (C(OH)–C–C–N with tert-alkyl or cyclic N) is 1. The van der Waals surface area contributed by atoms with Crippen molar-refractivity contribution >= 4 is 17.7 Å². The van der Waals surface area contributed by atoms with E-state index in [-0.39, 0.29) is 19.1 Å². The first-order chi connectivity index (χ1) is 13.9. The SMILES string of the molecule is CCC(=O)N(c1ccccc1)C1CCN(C(=O)OCc2ccccc2)CC1(C)O. The molecule has 1 aliphatic rings. The molecular weight excluding hydrogens is 368 g/mol. The van der Waals surface area contributed by atoms with Gasteiger partial charge in [0.15, 0.2) is 0 Å². The van der Waals surface area contributed by atoms with E-state index < -0.39 is 17.7 Å². The number of piperidine rings is 1. The first kappa shape index (κ1) is 20.9. The molecule has 0 radical (unpaired) electrons. The van der Waals surface area contributed by atoms with Gasteiger partial charge < -0.3 is 19.6 Å². The number of anilines is 1. The smallest absolute Gasteiger partial charge is 0.410 e. The first-order valence-corrected chi connectivity index (χ1v) is 9.97. The summed E-state index contributed by atoms with van der Waals surface area (Å²) in [5, 5.41) is 11.2. The molecule has 1 saturated heterocycles. The van der Waals surface area contributed by atoms with E-state index in [1.54, 1.807) is 11.8 Å². The second-order valence-electron chi connectivity index (χ2n) is 7.58. The van der Waals surface area contributed by atoms with Crippen LogP contribution in [0.5, 0.6) is 0 Å². The predicted molar refractivity (Wildman–Crippen MR) is 111 cm³/mol. The lowest BCUT2D eigenvalue weighted by atomic mass is 9.87. The van der Waals surface area contributed by atoms with Crippen LogP contribution in [0.1, 0.15) is 32.3 Å². The average molecular weight is 396 g/mol. The number of para-hydroxylation sites is 1. The van der Waals surface area contributed by atoms with Gasteiger partial charge in [-0.1, -0.05) is 55.5 Å². The van der Waals surface area contributed by atoms with Crippen molar-refractivity contribution in [2.45, 2.75) is 44.9 Å². The molecule has 2 atom stereocenters. The molecule has 154 valence electrons. The van der Waals surface area contributed by atoms with Gasteiger partial charge in [-0.25, -0.2) is 4.79 Å². The second kappa shape index (κ2) is 9.09. The lowest BCUT2D eigenvalue weighted by Crippen LogP contribution is -2.63. The molecule has 1 aliphatic heterocycles. The van der Waals surface area contributed by atoms with E-state index in [0.717, 1.165) is 11.3 Å². The Morgan fingerprint density at radius 1 is 1.14 bits per heavy atom. The van der Waals surface area contributed by atoms with Gasteiger partial charge in [0.1, 0.15) is 12.2 Å². The van der Waals surface area contributed by atoms with Crippen molar-refractivity contribution in [1.29, 1.82) is 0 Å². The Morgan fingerprint density at radius 3 is 2.34 bits per heavy atom. The van der Waals surface area contributed by atoms with Gasteiger partial charge in [-0.2, -0.15) is 0 Å². The number of rotatable bonds is 5. The summed E-state index contributed by atoms with van der Waals surface area (Å²) in [4.78, 5) is 28.4. The van der Waals surface area contributed by atoms with E-state index in [2.05, 4.69) is 0 Å². The number of hydrogen-bond acceptors (Lipinski definition) is 4. The monoisotopic (exact) mass is 396 g/mol. The largest absolute Gasteiger partial charge is 0.445 e. The number of carbonyl (C=O) groups excluding carboxylic acids is 2. The maximum absolute atomic E-state index is 12.7. The third-order valence-corrected chi connectivity index (χ3v) is 5.28. The highest BCUT2D eigenvalue weighted by molar-refractivity contribution is 5.94. The molecule has 1 N–H and O–H groups in total. The minimum atomic E-state index is -1.26. The second-order valence-corrected chi connectivity index (χ2v) is 7.58. The minimum absolute atomic E-state index is 0.0541. The zero-order valence-corrected chi connectivity index (χ0v) is 17.0. The van der Waals surface area contributed by atoms with Crippen molar-refractivity contribution in [3.8, 4) is 0 Å². The molecule has 1 fully saturated rings. The van der Waals surface area contributed by atoms with Crippen molar-refractivity contribution in [3.05, 3.63) is 66.2 Å².